The molecule has 0 aromatic carbocycles. The Morgan fingerprint density at radius 1 is 1.75 bits per heavy atom. The van der Waals surface area contributed by atoms with E-state index in [1.807, 2.05) is 21.7 Å². The van der Waals surface area contributed by atoms with E-state index < -0.39 is 0 Å². The highest BCUT2D eigenvalue weighted by atomic mass is 16.7. The first-order valence-electron chi connectivity index (χ1n) is 2.82. The average Bonchev–Trinajstić information content (AvgIpc) is 1.82. The first kappa shape index (κ1) is 5.67. The fourth-order valence-corrected chi connectivity index (χ4v) is 0.882. The monoisotopic (exact) mass is 111 g/mol. The zero-order valence-electron chi connectivity index (χ0n) is 5.56. The fourth-order valence-electron chi connectivity index (χ4n) is 0.882. The molecule has 0 unspecified atom stereocenters. The van der Waals surface area contributed by atoms with Gasteiger partial charge in [0.2, 0.25) is 0 Å². The minimum atomic E-state index is -0.0376. The Kier molecular flexibility index (Phi) is 1.07. The first-order valence-corrected chi connectivity index (χ1v) is 2.82. The third kappa shape index (κ3) is 1.03. The molecule has 3 heteroatoms. The molecule has 0 spiro atoms. The van der Waals surface area contributed by atoms with Crippen molar-refractivity contribution in [2.45, 2.75) is 25.9 Å². The normalized spacial score (nSPS) is 24.5. The molecular weight excluding hydrogens is 101 g/mol. The predicted octanol–water partition coefficient (Wildman–Crippen LogP) is 0.132. The van der Waals surface area contributed by atoms with Gasteiger partial charge in [0, 0.05) is 12.0 Å². The van der Waals surface area contributed by atoms with Crippen molar-refractivity contribution in [1.29, 1.82) is 0 Å². The second kappa shape index (κ2) is 1.50. The number of hydrogen-bond donors (Lipinski definition) is 0. The molecule has 44 valence electrons. The Balaban J connectivity index is 2.55. The predicted molar refractivity (Wildman–Crippen MR) is 35.8 cm³/mol. The van der Waals surface area contributed by atoms with Gasteiger partial charge in [0.25, 0.3) is 0 Å². The minimum absolute atomic E-state index is 0.0376. The van der Waals surface area contributed by atoms with Crippen molar-refractivity contribution in [3.63, 3.8) is 0 Å². The lowest BCUT2D eigenvalue weighted by atomic mass is 9.91. The highest BCUT2D eigenvalue weighted by molar-refractivity contribution is 6.59. The van der Waals surface area contributed by atoms with E-state index in [1.54, 1.807) is 0 Å². The van der Waals surface area contributed by atoms with Crippen molar-refractivity contribution in [2.24, 2.45) is 5.16 Å². The lowest BCUT2D eigenvalue weighted by Gasteiger charge is -2.12. The van der Waals surface area contributed by atoms with Crippen molar-refractivity contribution >= 4 is 13.5 Å². The van der Waals surface area contributed by atoms with Gasteiger partial charge in [-0.1, -0.05) is 0 Å². The molecule has 0 saturated carbocycles. The van der Waals surface area contributed by atoms with E-state index in [0.717, 1.165) is 12.0 Å². The summed E-state index contributed by atoms with van der Waals surface area (Å²) in [6, 6.07) is 0. The lowest BCUT2D eigenvalue weighted by molar-refractivity contribution is 0.0123. The van der Waals surface area contributed by atoms with Gasteiger partial charge in [0.05, 0.1) is 0 Å². The smallest absolute Gasteiger partial charge is 0.163 e. The molecule has 1 aliphatic heterocycles. The Morgan fingerprint density at radius 2 is 2.38 bits per heavy atom. The van der Waals surface area contributed by atoms with Crippen LogP contribution in [-0.4, -0.2) is 19.1 Å². The molecule has 0 aromatic rings. The van der Waals surface area contributed by atoms with Gasteiger partial charge >= 0.3 is 0 Å². The number of oxime groups is 1. The SMILES string of the molecule is BC1=NOC(C)(C)C1. The summed E-state index contributed by atoms with van der Waals surface area (Å²) in [5.74, 6) is 0. The fraction of sp³-hybridized carbons (Fsp3) is 0.800. The standard InChI is InChI=1S/C5H10BNO/c1-5(2)3-4(6)7-8-5/h3,6H2,1-2H3. The molecule has 0 N–H and O–H groups in total. The molecular formula is C5H10BNO. The molecule has 0 bridgehead atoms. The van der Waals surface area contributed by atoms with Crippen molar-refractivity contribution < 1.29 is 4.84 Å². The van der Waals surface area contributed by atoms with E-state index in [1.165, 1.54) is 0 Å². The van der Waals surface area contributed by atoms with Crippen LogP contribution in [0.5, 0.6) is 0 Å². The van der Waals surface area contributed by atoms with E-state index in [9.17, 15) is 0 Å². The Bertz CT molecular complexity index is 130. The van der Waals surface area contributed by atoms with Crippen LogP contribution in [0.15, 0.2) is 5.16 Å². The van der Waals surface area contributed by atoms with E-state index >= 15 is 0 Å². The van der Waals surface area contributed by atoms with Gasteiger partial charge in [-0.15, -0.1) is 5.16 Å². The zero-order chi connectivity index (χ0) is 6.20. The van der Waals surface area contributed by atoms with E-state index in [2.05, 4.69) is 5.16 Å². The van der Waals surface area contributed by atoms with Crippen LogP contribution < -0.4 is 0 Å². The van der Waals surface area contributed by atoms with Crippen molar-refractivity contribution in [1.82, 2.24) is 0 Å². The quantitative estimate of drug-likeness (QED) is 0.407. The summed E-state index contributed by atoms with van der Waals surface area (Å²) in [5.41, 5.74) is 1.05. The Hall–Kier alpha value is -0.465. The third-order valence-electron chi connectivity index (χ3n) is 1.13. The molecule has 8 heavy (non-hydrogen) atoms. The highest BCUT2D eigenvalue weighted by Crippen LogP contribution is 2.20. The summed E-state index contributed by atoms with van der Waals surface area (Å²) < 4.78 is 0. The van der Waals surface area contributed by atoms with Gasteiger partial charge in [0.15, 0.2) is 7.85 Å². The molecule has 0 fully saturated rings. The van der Waals surface area contributed by atoms with Crippen molar-refractivity contribution in [3.8, 4) is 0 Å². The van der Waals surface area contributed by atoms with Crippen LogP contribution in [0.2, 0.25) is 0 Å². The molecule has 1 aliphatic rings. The zero-order valence-corrected chi connectivity index (χ0v) is 5.56. The molecule has 0 aromatic heterocycles. The van der Waals surface area contributed by atoms with Crippen LogP contribution in [0.4, 0.5) is 0 Å². The number of hydrogen-bond acceptors (Lipinski definition) is 2. The largest absolute Gasteiger partial charge is 0.390 e. The van der Waals surface area contributed by atoms with Gasteiger partial charge in [-0.2, -0.15) is 0 Å². The molecule has 1 rings (SSSR count). The second-order valence-corrected chi connectivity index (χ2v) is 2.85. The van der Waals surface area contributed by atoms with Gasteiger partial charge < -0.3 is 4.84 Å². The summed E-state index contributed by atoms with van der Waals surface area (Å²) in [4.78, 5) is 5.04. The van der Waals surface area contributed by atoms with Crippen LogP contribution in [0.3, 0.4) is 0 Å². The highest BCUT2D eigenvalue weighted by Gasteiger charge is 2.25. The van der Waals surface area contributed by atoms with Gasteiger partial charge in [-0.3, -0.25) is 0 Å². The van der Waals surface area contributed by atoms with Crippen LogP contribution in [0, 0.1) is 0 Å². The van der Waals surface area contributed by atoms with E-state index in [0.29, 0.717) is 0 Å². The maximum Gasteiger partial charge on any atom is 0.163 e. The molecule has 0 saturated heterocycles. The number of rotatable bonds is 0. The summed E-state index contributed by atoms with van der Waals surface area (Å²) in [7, 11) is 1.98. The van der Waals surface area contributed by atoms with E-state index in [-0.39, 0.29) is 5.60 Å². The molecule has 0 atom stereocenters. The number of nitrogens with zero attached hydrogens (tertiary/aromatic N) is 1. The van der Waals surface area contributed by atoms with Gasteiger partial charge in [0.1, 0.15) is 5.60 Å². The topological polar surface area (TPSA) is 21.6 Å². The first-order chi connectivity index (χ1) is 3.60. The molecule has 0 radical (unpaired) electrons. The molecule has 0 amide bonds. The maximum atomic E-state index is 5.04. The van der Waals surface area contributed by atoms with Gasteiger partial charge in [-0.25, -0.2) is 0 Å². The van der Waals surface area contributed by atoms with Crippen LogP contribution in [0.1, 0.15) is 20.3 Å². The van der Waals surface area contributed by atoms with Crippen LogP contribution in [0.25, 0.3) is 0 Å². The molecule has 0 aliphatic carbocycles. The van der Waals surface area contributed by atoms with Crippen molar-refractivity contribution in [2.75, 3.05) is 0 Å². The average molecular weight is 111 g/mol. The Morgan fingerprint density at radius 3 is 2.50 bits per heavy atom. The summed E-state index contributed by atoms with van der Waals surface area (Å²) in [6.07, 6.45) is 0.965. The van der Waals surface area contributed by atoms with Crippen LogP contribution in [-0.2, 0) is 4.84 Å². The summed E-state index contributed by atoms with van der Waals surface area (Å²) in [5, 5.41) is 3.81. The minimum Gasteiger partial charge on any atom is -0.390 e. The third-order valence-corrected chi connectivity index (χ3v) is 1.13. The summed E-state index contributed by atoms with van der Waals surface area (Å²) in [6.45, 7) is 4.07. The molecule has 2 nitrogen and oxygen atoms in total. The lowest BCUT2D eigenvalue weighted by Crippen LogP contribution is -2.18. The van der Waals surface area contributed by atoms with Gasteiger partial charge in [-0.05, 0) is 13.8 Å². The Labute approximate surface area is 50.3 Å². The molecule has 1 heterocycles. The second-order valence-electron chi connectivity index (χ2n) is 2.85. The maximum absolute atomic E-state index is 5.04. The van der Waals surface area contributed by atoms with Crippen molar-refractivity contribution in [3.05, 3.63) is 0 Å². The summed E-state index contributed by atoms with van der Waals surface area (Å²) >= 11 is 0. The van der Waals surface area contributed by atoms with E-state index in [4.69, 9.17) is 4.84 Å². The van der Waals surface area contributed by atoms with Crippen LogP contribution >= 0.6 is 0 Å².